The van der Waals surface area contributed by atoms with E-state index in [4.69, 9.17) is 0 Å². The summed E-state index contributed by atoms with van der Waals surface area (Å²) in [7, 11) is 0. The standard InChI is InChI=1S/C7H9Br.C2H6/c1-3-5-6-7(8)4-2;1-2/h3-6H,2H2,1H3;1-2H3/b5-3-,7-6+;. The molecule has 0 aromatic heterocycles. The second kappa shape index (κ2) is 11.5. The van der Waals surface area contributed by atoms with E-state index in [9.17, 15) is 0 Å². The van der Waals surface area contributed by atoms with Crippen molar-refractivity contribution in [1.82, 2.24) is 0 Å². The summed E-state index contributed by atoms with van der Waals surface area (Å²) in [5.41, 5.74) is 0. The second-order valence-electron chi connectivity index (χ2n) is 1.28. The number of hydrogen-bond donors (Lipinski definition) is 0. The third-order valence-electron chi connectivity index (χ3n) is 0.643. The van der Waals surface area contributed by atoms with Crippen molar-refractivity contribution in [2.75, 3.05) is 0 Å². The molecule has 0 aromatic carbocycles. The van der Waals surface area contributed by atoms with Crippen molar-refractivity contribution in [2.24, 2.45) is 0 Å². The van der Waals surface area contributed by atoms with Crippen molar-refractivity contribution in [3.8, 4) is 0 Å². The van der Waals surface area contributed by atoms with Gasteiger partial charge in [-0.2, -0.15) is 0 Å². The van der Waals surface area contributed by atoms with E-state index >= 15 is 0 Å². The van der Waals surface area contributed by atoms with Gasteiger partial charge in [0, 0.05) is 4.48 Å². The lowest BCUT2D eigenvalue weighted by molar-refractivity contribution is 1.50. The van der Waals surface area contributed by atoms with Crippen molar-refractivity contribution < 1.29 is 0 Å². The van der Waals surface area contributed by atoms with Gasteiger partial charge in [-0.3, -0.25) is 0 Å². The fourth-order valence-electron chi connectivity index (χ4n) is 0.256. The summed E-state index contributed by atoms with van der Waals surface area (Å²) < 4.78 is 1.01. The van der Waals surface area contributed by atoms with E-state index in [1.54, 1.807) is 6.08 Å². The Bertz CT molecular complexity index is 121. The van der Waals surface area contributed by atoms with Crippen molar-refractivity contribution in [2.45, 2.75) is 20.8 Å². The number of halogens is 1. The molecule has 10 heavy (non-hydrogen) atoms. The van der Waals surface area contributed by atoms with Gasteiger partial charge in [0.15, 0.2) is 0 Å². The molecule has 0 radical (unpaired) electrons. The summed E-state index contributed by atoms with van der Waals surface area (Å²) in [6.45, 7) is 9.54. The number of rotatable bonds is 2. The quantitative estimate of drug-likeness (QED) is 0.594. The van der Waals surface area contributed by atoms with Crippen LogP contribution in [0.3, 0.4) is 0 Å². The molecular weight excluding hydrogens is 188 g/mol. The lowest BCUT2D eigenvalue weighted by atomic mass is 10.4. The molecule has 0 saturated carbocycles. The SMILES string of the molecule is C=C/C(Br)=C\C=C/C.CC. The van der Waals surface area contributed by atoms with Crippen LogP contribution in [0.4, 0.5) is 0 Å². The molecule has 0 spiro atoms. The first-order chi connectivity index (χ1) is 4.81. The molecule has 0 aliphatic heterocycles. The van der Waals surface area contributed by atoms with Crippen molar-refractivity contribution in [3.63, 3.8) is 0 Å². The van der Waals surface area contributed by atoms with E-state index < -0.39 is 0 Å². The fraction of sp³-hybridized carbons (Fsp3) is 0.333. The summed E-state index contributed by atoms with van der Waals surface area (Å²) in [6, 6.07) is 0. The van der Waals surface area contributed by atoms with Gasteiger partial charge in [-0.25, -0.2) is 0 Å². The molecule has 0 aliphatic rings. The van der Waals surface area contributed by atoms with Gasteiger partial charge in [0.05, 0.1) is 0 Å². The average molecular weight is 203 g/mol. The highest BCUT2D eigenvalue weighted by atomic mass is 79.9. The minimum Gasteiger partial charge on any atom is -0.0979 e. The lowest BCUT2D eigenvalue weighted by Gasteiger charge is -1.78. The van der Waals surface area contributed by atoms with E-state index in [1.165, 1.54) is 0 Å². The Labute approximate surface area is 72.5 Å². The number of allylic oxidation sites excluding steroid dienone is 5. The molecule has 0 saturated heterocycles. The van der Waals surface area contributed by atoms with Gasteiger partial charge in [0.25, 0.3) is 0 Å². The Balaban J connectivity index is 0. The zero-order valence-electron chi connectivity index (χ0n) is 6.89. The maximum absolute atomic E-state index is 3.56. The van der Waals surface area contributed by atoms with Crippen LogP contribution >= 0.6 is 15.9 Å². The molecule has 0 atom stereocenters. The maximum Gasteiger partial charge on any atom is 0.0169 e. The van der Waals surface area contributed by atoms with Gasteiger partial charge in [-0.05, 0) is 13.0 Å². The minimum atomic E-state index is 1.01. The summed E-state index contributed by atoms with van der Waals surface area (Å²) in [5.74, 6) is 0. The molecule has 0 heterocycles. The van der Waals surface area contributed by atoms with Crippen molar-refractivity contribution in [1.29, 1.82) is 0 Å². The first kappa shape index (κ1) is 12.4. The van der Waals surface area contributed by atoms with Crippen LogP contribution in [0.2, 0.25) is 0 Å². The molecule has 0 aliphatic carbocycles. The molecule has 1 heteroatoms. The molecule has 0 N–H and O–H groups in total. The Morgan fingerprint density at radius 2 is 1.90 bits per heavy atom. The first-order valence-corrected chi connectivity index (χ1v) is 4.21. The monoisotopic (exact) mass is 202 g/mol. The summed E-state index contributed by atoms with van der Waals surface area (Å²) in [6.07, 6.45) is 7.60. The molecule has 0 nitrogen and oxygen atoms in total. The third-order valence-corrected chi connectivity index (χ3v) is 1.23. The molecule has 0 rings (SSSR count). The largest absolute Gasteiger partial charge is 0.0979 e. The zero-order chi connectivity index (χ0) is 8.41. The summed E-state index contributed by atoms with van der Waals surface area (Å²) in [4.78, 5) is 0. The van der Waals surface area contributed by atoms with Crippen LogP contribution in [0.1, 0.15) is 20.8 Å². The van der Waals surface area contributed by atoms with Crippen molar-refractivity contribution >= 4 is 15.9 Å². The van der Waals surface area contributed by atoms with Crippen LogP contribution in [-0.4, -0.2) is 0 Å². The Hall–Kier alpha value is -0.300. The Morgan fingerprint density at radius 1 is 1.40 bits per heavy atom. The van der Waals surface area contributed by atoms with Crippen LogP contribution in [0, 0.1) is 0 Å². The minimum absolute atomic E-state index is 1.01. The fourth-order valence-corrected chi connectivity index (χ4v) is 0.409. The normalized spacial score (nSPS) is 10.6. The maximum atomic E-state index is 3.56. The van der Waals surface area contributed by atoms with Gasteiger partial charge in [0.1, 0.15) is 0 Å². The highest BCUT2D eigenvalue weighted by Crippen LogP contribution is 2.03. The van der Waals surface area contributed by atoms with Gasteiger partial charge in [-0.15, -0.1) is 0 Å². The van der Waals surface area contributed by atoms with E-state index in [-0.39, 0.29) is 0 Å². The molecule has 0 bridgehead atoms. The summed E-state index contributed by atoms with van der Waals surface area (Å²) in [5, 5.41) is 0. The number of hydrogen-bond acceptors (Lipinski definition) is 0. The van der Waals surface area contributed by atoms with Gasteiger partial charge in [-0.1, -0.05) is 54.6 Å². The van der Waals surface area contributed by atoms with Crippen LogP contribution in [-0.2, 0) is 0 Å². The topological polar surface area (TPSA) is 0 Å². The molecular formula is C9H15Br. The molecule has 0 amide bonds. The smallest absolute Gasteiger partial charge is 0.0169 e. The average Bonchev–Trinajstić information content (AvgIpc) is 2.04. The van der Waals surface area contributed by atoms with Gasteiger partial charge >= 0.3 is 0 Å². The summed E-state index contributed by atoms with van der Waals surface area (Å²) >= 11 is 3.27. The van der Waals surface area contributed by atoms with E-state index in [0.29, 0.717) is 0 Å². The first-order valence-electron chi connectivity index (χ1n) is 3.42. The Morgan fingerprint density at radius 3 is 2.20 bits per heavy atom. The lowest BCUT2D eigenvalue weighted by Crippen LogP contribution is -1.54. The molecule has 0 aromatic rings. The zero-order valence-corrected chi connectivity index (χ0v) is 8.48. The molecule has 58 valence electrons. The third kappa shape index (κ3) is 10.6. The van der Waals surface area contributed by atoms with Crippen molar-refractivity contribution in [3.05, 3.63) is 35.4 Å². The second-order valence-corrected chi connectivity index (χ2v) is 2.20. The van der Waals surface area contributed by atoms with E-state index in [2.05, 4.69) is 22.5 Å². The molecule has 0 fully saturated rings. The van der Waals surface area contributed by atoms with Crippen LogP contribution < -0.4 is 0 Å². The Kier molecular flexibility index (Phi) is 14.2. The van der Waals surface area contributed by atoms with Crippen LogP contribution in [0.5, 0.6) is 0 Å². The highest BCUT2D eigenvalue weighted by molar-refractivity contribution is 9.11. The van der Waals surface area contributed by atoms with Crippen LogP contribution in [0.15, 0.2) is 35.4 Å². The highest BCUT2D eigenvalue weighted by Gasteiger charge is 1.73. The van der Waals surface area contributed by atoms with E-state index in [1.807, 2.05) is 39.0 Å². The predicted octanol–water partition coefficient (Wildman–Crippen LogP) is 4.05. The van der Waals surface area contributed by atoms with E-state index in [0.717, 1.165) is 4.48 Å². The van der Waals surface area contributed by atoms with Gasteiger partial charge < -0.3 is 0 Å². The van der Waals surface area contributed by atoms with Crippen LogP contribution in [0.25, 0.3) is 0 Å². The molecule has 0 unspecified atom stereocenters. The van der Waals surface area contributed by atoms with Gasteiger partial charge in [0.2, 0.25) is 0 Å². The predicted molar refractivity (Wildman–Crippen MR) is 53.4 cm³/mol.